The van der Waals surface area contributed by atoms with Crippen LogP contribution in [0.2, 0.25) is 5.02 Å². The molecular formula is C25H32ClN. The summed E-state index contributed by atoms with van der Waals surface area (Å²) in [6.45, 7) is 22.5. The molecule has 2 heteroatoms. The third-order valence-electron chi connectivity index (χ3n) is 4.67. The third kappa shape index (κ3) is 5.37. The third-order valence-corrected chi connectivity index (χ3v) is 4.98. The normalized spacial score (nSPS) is 13.5. The van der Waals surface area contributed by atoms with Gasteiger partial charge >= 0.3 is 0 Å². The minimum atomic E-state index is 0.716. The monoisotopic (exact) mass is 381 g/mol. The first kappa shape index (κ1) is 22.8. The predicted molar refractivity (Wildman–Crippen MR) is 123 cm³/mol. The molecule has 0 aliphatic heterocycles. The largest absolute Gasteiger partial charge is 0.312 e. The van der Waals surface area contributed by atoms with E-state index in [1.807, 2.05) is 30.4 Å². The first-order chi connectivity index (χ1) is 12.8. The minimum absolute atomic E-state index is 0.716. The van der Waals surface area contributed by atoms with E-state index in [0.717, 1.165) is 46.6 Å². The minimum Gasteiger partial charge on any atom is -0.312 e. The summed E-state index contributed by atoms with van der Waals surface area (Å²) in [4.78, 5) is 2.23. The zero-order chi connectivity index (χ0) is 20.6. The maximum atomic E-state index is 6.68. The summed E-state index contributed by atoms with van der Waals surface area (Å²) in [5.74, 6) is 0. The smallest absolute Gasteiger partial charge is 0.0673 e. The number of hydrogen-bond acceptors (Lipinski definition) is 1. The van der Waals surface area contributed by atoms with Crippen molar-refractivity contribution in [2.45, 2.75) is 47.5 Å². The van der Waals surface area contributed by atoms with Crippen molar-refractivity contribution in [1.29, 1.82) is 0 Å². The SMILES string of the molecule is C=C/C=C(/C)N(C(=C(/C=C)CCC)/C(C)=C(\C)C=C)c1c(C)cccc1Cl. The summed E-state index contributed by atoms with van der Waals surface area (Å²) < 4.78 is 0. The number of rotatable bonds is 9. The van der Waals surface area contributed by atoms with Gasteiger partial charge in [0.15, 0.2) is 0 Å². The molecule has 0 saturated heterocycles. The Hall–Kier alpha value is -2.25. The van der Waals surface area contributed by atoms with E-state index in [1.54, 1.807) is 6.08 Å². The first-order valence-electron chi connectivity index (χ1n) is 9.34. The molecule has 1 aromatic carbocycles. The van der Waals surface area contributed by atoms with Crippen LogP contribution < -0.4 is 4.90 Å². The molecule has 0 aliphatic carbocycles. The molecule has 0 atom stereocenters. The fourth-order valence-electron chi connectivity index (χ4n) is 3.09. The zero-order valence-corrected chi connectivity index (χ0v) is 18.2. The Morgan fingerprint density at radius 1 is 1.11 bits per heavy atom. The lowest BCUT2D eigenvalue weighted by atomic mass is 9.97. The van der Waals surface area contributed by atoms with Gasteiger partial charge in [-0.2, -0.15) is 0 Å². The average Bonchev–Trinajstić information content (AvgIpc) is 2.64. The van der Waals surface area contributed by atoms with Crippen LogP contribution in [0.3, 0.4) is 0 Å². The van der Waals surface area contributed by atoms with E-state index < -0.39 is 0 Å². The van der Waals surface area contributed by atoms with Crippen molar-refractivity contribution in [3.63, 3.8) is 0 Å². The second kappa shape index (κ2) is 10.8. The highest BCUT2D eigenvalue weighted by Gasteiger charge is 2.23. The van der Waals surface area contributed by atoms with E-state index in [-0.39, 0.29) is 0 Å². The summed E-state index contributed by atoms with van der Waals surface area (Å²) in [6.07, 6.45) is 9.63. The van der Waals surface area contributed by atoms with Gasteiger partial charge in [0.2, 0.25) is 0 Å². The molecule has 0 saturated carbocycles. The molecule has 0 spiro atoms. The molecule has 0 unspecified atom stereocenters. The van der Waals surface area contributed by atoms with Crippen molar-refractivity contribution >= 4 is 17.3 Å². The van der Waals surface area contributed by atoms with E-state index in [4.69, 9.17) is 11.6 Å². The summed E-state index contributed by atoms with van der Waals surface area (Å²) in [7, 11) is 0. The molecule has 144 valence electrons. The molecule has 0 fully saturated rings. The highest BCUT2D eigenvalue weighted by atomic mass is 35.5. The molecule has 0 N–H and O–H groups in total. The molecule has 0 aliphatic rings. The Bertz CT molecular complexity index is 785. The van der Waals surface area contributed by atoms with Gasteiger partial charge in [0.1, 0.15) is 0 Å². The highest BCUT2D eigenvalue weighted by molar-refractivity contribution is 6.33. The van der Waals surface area contributed by atoms with Gasteiger partial charge in [-0.1, -0.05) is 75.0 Å². The fourth-order valence-corrected chi connectivity index (χ4v) is 3.40. The van der Waals surface area contributed by atoms with Crippen molar-refractivity contribution in [3.05, 3.63) is 101 Å². The molecule has 0 bridgehead atoms. The summed E-state index contributed by atoms with van der Waals surface area (Å²) in [5, 5.41) is 0.716. The molecule has 27 heavy (non-hydrogen) atoms. The summed E-state index contributed by atoms with van der Waals surface area (Å²) >= 11 is 6.68. The van der Waals surface area contributed by atoms with Crippen molar-refractivity contribution in [3.8, 4) is 0 Å². The van der Waals surface area contributed by atoms with Crippen LogP contribution in [-0.2, 0) is 0 Å². The number of allylic oxidation sites excluding steroid dienone is 8. The van der Waals surface area contributed by atoms with Crippen LogP contribution in [0.25, 0.3) is 0 Å². The van der Waals surface area contributed by atoms with Crippen LogP contribution in [0.5, 0.6) is 0 Å². The molecule has 0 aromatic heterocycles. The molecule has 1 rings (SSSR count). The van der Waals surface area contributed by atoms with Gasteiger partial charge in [-0.05, 0) is 68.5 Å². The lowest BCUT2D eigenvalue weighted by Crippen LogP contribution is -2.24. The first-order valence-corrected chi connectivity index (χ1v) is 9.72. The molecule has 1 aromatic rings. The van der Waals surface area contributed by atoms with E-state index in [1.165, 1.54) is 5.57 Å². The highest BCUT2D eigenvalue weighted by Crippen LogP contribution is 2.39. The second-order valence-corrected chi connectivity index (χ2v) is 7.03. The van der Waals surface area contributed by atoms with Crippen LogP contribution in [0, 0.1) is 6.92 Å². The fraction of sp³-hybridized carbons (Fsp3) is 0.280. The van der Waals surface area contributed by atoms with Crippen molar-refractivity contribution in [2.24, 2.45) is 0 Å². The van der Waals surface area contributed by atoms with Crippen LogP contribution in [0.15, 0.2) is 90.4 Å². The molecule has 0 amide bonds. The number of nitrogens with zero attached hydrogens (tertiary/aromatic N) is 1. The molecule has 0 heterocycles. The van der Waals surface area contributed by atoms with Gasteiger partial charge < -0.3 is 4.90 Å². The summed E-state index contributed by atoms with van der Waals surface area (Å²) in [6, 6.07) is 6.00. The van der Waals surface area contributed by atoms with Crippen molar-refractivity contribution < 1.29 is 0 Å². The Labute approximate surface area is 170 Å². The standard InChI is InChI=1S/C25H32ClN/c1-9-14-20(7)27(24-19(6)16-13-17-23(24)26)25(21(8)18(5)11-3)22(12-4)15-10-2/h9,11-14,16-17H,1,3-4,10,15H2,2,5-8H3/b20-14-,21-18+,25-22-. The average molecular weight is 382 g/mol. The number of anilines is 1. The molecular weight excluding hydrogens is 350 g/mol. The lowest BCUT2D eigenvalue weighted by molar-refractivity contribution is 0.897. The second-order valence-electron chi connectivity index (χ2n) is 6.62. The van der Waals surface area contributed by atoms with Gasteiger partial charge in [-0.3, -0.25) is 0 Å². The van der Waals surface area contributed by atoms with Crippen LogP contribution in [0.4, 0.5) is 5.69 Å². The van der Waals surface area contributed by atoms with E-state index in [2.05, 4.69) is 65.3 Å². The van der Waals surface area contributed by atoms with Crippen LogP contribution >= 0.6 is 11.6 Å². The van der Waals surface area contributed by atoms with Gasteiger partial charge in [0.25, 0.3) is 0 Å². The van der Waals surface area contributed by atoms with E-state index in [0.29, 0.717) is 5.02 Å². The molecule has 1 nitrogen and oxygen atoms in total. The Balaban J connectivity index is 4.03. The Morgan fingerprint density at radius 3 is 2.26 bits per heavy atom. The zero-order valence-electron chi connectivity index (χ0n) is 17.4. The number of para-hydroxylation sites is 1. The topological polar surface area (TPSA) is 3.24 Å². The Kier molecular flexibility index (Phi) is 9.11. The van der Waals surface area contributed by atoms with Gasteiger partial charge in [0.05, 0.1) is 16.4 Å². The maximum absolute atomic E-state index is 6.68. The summed E-state index contributed by atoms with van der Waals surface area (Å²) in [5.41, 5.74) is 7.72. The quantitative estimate of drug-likeness (QED) is 0.388. The van der Waals surface area contributed by atoms with Crippen LogP contribution in [0.1, 0.15) is 46.1 Å². The number of benzene rings is 1. The molecule has 0 radical (unpaired) electrons. The van der Waals surface area contributed by atoms with Crippen LogP contribution in [-0.4, -0.2) is 0 Å². The van der Waals surface area contributed by atoms with Gasteiger partial charge in [-0.15, -0.1) is 0 Å². The van der Waals surface area contributed by atoms with Gasteiger partial charge in [0, 0.05) is 5.70 Å². The number of hydrogen-bond donors (Lipinski definition) is 0. The number of halogens is 1. The van der Waals surface area contributed by atoms with Crippen molar-refractivity contribution in [1.82, 2.24) is 0 Å². The number of aryl methyl sites for hydroxylation is 1. The van der Waals surface area contributed by atoms with Crippen molar-refractivity contribution in [2.75, 3.05) is 4.90 Å². The van der Waals surface area contributed by atoms with E-state index >= 15 is 0 Å². The van der Waals surface area contributed by atoms with Gasteiger partial charge in [-0.25, -0.2) is 0 Å². The van der Waals surface area contributed by atoms with E-state index in [9.17, 15) is 0 Å². The maximum Gasteiger partial charge on any atom is 0.0673 e. The lowest BCUT2D eigenvalue weighted by Gasteiger charge is -2.33. The predicted octanol–water partition coefficient (Wildman–Crippen LogP) is 8.31. The Morgan fingerprint density at radius 2 is 1.78 bits per heavy atom.